The van der Waals surface area contributed by atoms with Gasteiger partial charge in [0, 0.05) is 16.8 Å². The minimum absolute atomic E-state index is 0.509. The summed E-state index contributed by atoms with van der Waals surface area (Å²) in [5, 5.41) is 0. The molecule has 0 aliphatic heterocycles. The zero-order valence-electron chi connectivity index (χ0n) is 10.7. The summed E-state index contributed by atoms with van der Waals surface area (Å²) >= 11 is 3.86. The monoisotopic (exact) mass is 288 g/mol. The van der Waals surface area contributed by atoms with Crippen molar-refractivity contribution in [3.8, 4) is 0 Å². The third-order valence-corrected chi connectivity index (χ3v) is 5.77. The first-order chi connectivity index (χ1) is 7.65. The Morgan fingerprint density at radius 1 is 1.25 bits per heavy atom. The van der Waals surface area contributed by atoms with Gasteiger partial charge in [0.05, 0.1) is 6.10 Å². The van der Waals surface area contributed by atoms with E-state index in [0.717, 1.165) is 17.4 Å². The Bertz CT molecular complexity index is 221. The van der Waals surface area contributed by atoms with Crippen LogP contribution in [0.4, 0.5) is 0 Å². The lowest BCUT2D eigenvalue weighted by atomic mass is 9.58. The standard InChI is InChI=1S/C14H25BrO/c1-11(2)6-9-16-13-10-12(15)14(13)7-4-3-5-8-14/h11-13H,3-10H2,1-2H3. The molecule has 0 bridgehead atoms. The highest BCUT2D eigenvalue weighted by atomic mass is 79.9. The van der Waals surface area contributed by atoms with E-state index in [1.54, 1.807) is 0 Å². The van der Waals surface area contributed by atoms with Crippen molar-refractivity contribution in [2.45, 2.75) is 69.7 Å². The molecule has 1 spiro atoms. The minimum Gasteiger partial charge on any atom is -0.378 e. The number of halogens is 1. The lowest BCUT2D eigenvalue weighted by Gasteiger charge is -2.55. The van der Waals surface area contributed by atoms with E-state index in [-0.39, 0.29) is 0 Å². The largest absolute Gasteiger partial charge is 0.378 e. The molecular formula is C14H25BrO. The molecule has 0 heterocycles. The summed E-state index contributed by atoms with van der Waals surface area (Å²) < 4.78 is 6.12. The molecule has 0 N–H and O–H groups in total. The molecule has 0 radical (unpaired) electrons. The molecule has 2 fully saturated rings. The molecule has 2 rings (SSSR count). The summed E-state index contributed by atoms with van der Waals surface area (Å²) in [6.07, 6.45) is 10.0. The number of alkyl halides is 1. The predicted octanol–water partition coefficient (Wildman–Crippen LogP) is 4.54. The highest BCUT2D eigenvalue weighted by Gasteiger charge is 2.54. The van der Waals surface area contributed by atoms with Gasteiger partial charge in [-0.05, 0) is 31.6 Å². The first kappa shape index (κ1) is 12.9. The molecule has 94 valence electrons. The quantitative estimate of drug-likeness (QED) is 0.691. The normalized spacial score (nSPS) is 33.0. The fourth-order valence-electron chi connectivity index (χ4n) is 3.22. The van der Waals surface area contributed by atoms with Crippen LogP contribution >= 0.6 is 15.9 Å². The SMILES string of the molecule is CC(C)CCOC1CC(Br)C12CCCCC2. The molecule has 16 heavy (non-hydrogen) atoms. The molecule has 2 aliphatic carbocycles. The maximum atomic E-state index is 6.12. The molecule has 0 saturated heterocycles. The van der Waals surface area contributed by atoms with Gasteiger partial charge in [0.15, 0.2) is 0 Å². The Balaban J connectivity index is 1.81. The molecule has 2 atom stereocenters. The van der Waals surface area contributed by atoms with Crippen molar-refractivity contribution in [3.05, 3.63) is 0 Å². The van der Waals surface area contributed by atoms with E-state index in [1.165, 1.54) is 44.9 Å². The van der Waals surface area contributed by atoms with Crippen LogP contribution in [0.3, 0.4) is 0 Å². The van der Waals surface area contributed by atoms with E-state index in [9.17, 15) is 0 Å². The van der Waals surface area contributed by atoms with E-state index >= 15 is 0 Å². The van der Waals surface area contributed by atoms with Crippen molar-refractivity contribution in [3.63, 3.8) is 0 Å². The van der Waals surface area contributed by atoms with Gasteiger partial charge in [0.2, 0.25) is 0 Å². The van der Waals surface area contributed by atoms with Crippen LogP contribution in [-0.4, -0.2) is 17.5 Å². The summed E-state index contributed by atoms with van der Waals surface area (Å²) in [7, 11) is 0. The van der Waals surface area contributed by atoms with E-state index in [4.69, 9.17) is 4.74 Å². The maximum absolute atomic E-state index is 6.12. The fraction of sp³-hybridized carbons (Fsp3) is 1.00. The number of ether oxygens (including phenoxy) is 1. The highest BCUT2D eigenvalue weighted by molar-refractivity contribution is 9.09. The average Bonchev–Trinajstić information content (AvgIpc) is 2.29. The Morgan fingerprint density at radius 2 is 1.94 bits per heavy atom. The van der Waals surface area contributed by atoms with Gasteiger partial charge in [0.1, 0.15) is 0 Å². The van der Waals surface area contributed by atoms with Gasteiger partial charge in [-0.3, -0.25) is 0 Å². The molecule has 2 aliphatic rings. The van der Waals surface area contributed by atoms with Crippen LogP contribution in [0.5, 0.6) is 0 Å². The maximum Gasteiger partial charge on any atom is 0.0652 e. The third kappa shape index (κ3) is 2.48. The zero-order chi connectivity index (χ0) is 11.6. The van der Waals surface area contributed by atoms with Crippen LogP contribution in [-0.2, 0) is 4.74 Å². The van der Waals surface area contributed by atoms with Crippen molar-refractivity contribution in [1.82, 2.24) is 0 Å². The van der Waals surface area contributed by atoms with Crippen molar-refractivity contribution < 1.29 is 4.74 Å². The molecule has 0 aromatic heterocycles. The zero-order valence-corrected chi connectivity index (χ0v) is 12.3. The van der Waals surface area contributed by atoms with Crippen LogP contribution in [0.15, 0.2) is 0 Å². The van der Waals surface area contributed by atoms with E-state index < -0.39 is 0 Å². The Hall–Kier alpha value is 0.440. The van der Waals surface area contributed by atoms with Crippen molar-refractivity contribution in [2.24, 2.45) is 11.3 Å². The van der Waals surface area contributed by atoms with Gasteiger partial charge in [0.25, 0.3) is 0 Å². The van der Waals surface area contributed by atoms with Crippen LogP contribution in [0.1, 0.15) is 58.8 Å². The van der Waals surface area contributed by atoms with Gasteiger partial charge in [-0.1, -0.05) is 49.0 Å². The van der Waals surface area contributed by atoms with Crippen molar-refractivity contribution in [1.29, 1.82) is 0 Å². The second kappa shape index (κ2) is 5.39. The molecule has 2 heteroatoms. The lowest BCUT2D eigenvalue weighted by Crippen LogP contribution is -2.56. The van der Waals surface area contributed by atoms with Crippen LogP contribution in [0.25, 0.3) is 0 Å². The second-order valence-corrected chi connectivity index (χ2v) is 7.14. The summed E-state index contributed by atoms with van der Waals surface area (Å²) in [5.41, 5.74) is 0.509. The van der Waals surface area contributed by atoms with Gasteiger partial charge in [-0.15, -0.1) is 0 Å². The molecule has 0 aromatic carbocycles. The summed E-state index contributed by atoms with van der Waals surface area (Å²) in [6.45, 7) is 5.51. The topological polar surface area (TPSA) is 9.23 Å². The number of hydrogen-bond donors (Lipinski definition) is 0. The van der Waals surface area contributed by atoms with Crippen LogP contribution in [0, 0.1) is 11.3 Å². The van der Waals surface area contributed by atoms with Crippen LogP contribution in [0.2, 0.25) is 0 Å². The van der Waals surface area contributed by atoms with E-state index in [0.29, 0.717) is 11.5 Å². The van der Waals surface area contributed by atoms with E-state index in [2.05, 4.69) is 29.8 Å². The van der Waals surface area contributed by atoms with Crippen LogP contribution < -0.4 is 0 Å². The van der Waals surface area contributed by atoms with Crippen molar-refractivity contribution in [2.75, 3.05) is 6.61 Å². The number of rotatable bonds is 4. The first-order valence-electron chi connectivity index (χ1n) is 6.91. The Labute approximate surface area is 108 Å². The van der Waals surface area contributed by atoms with Gasteiger partial charge < -0.3 is 4.74 Å². The molecule has 2 saturated carbocycles. The third-order valence-electron chi connectivity index (χ3n) is 4.48. The molecule has 0 aromatic rings. The van der Waals surface area contributed by atoms with Crippen molar-refractivity contribution >= 4 is 15.9 Å². The fourth-order valence-corrected chi connectivity index (χ4v) is 4.32. The number of hydrogen-bond acceptors (Lipinski definition) is 1. The molecule has 2 unspecified atom stereocenters. The predicted molar refractivity (Wildman–Crippen MR) is 72.0 cm³/mol. The first-order valence-corrected chi connectivity index (χ1v) is 7.82. The molecular weight excluding hydrogens is 264 g/mol. The summed E-state index contributed by atoms with van der Waals surface area (Å²) in [5.74, 6) is 0.766. The van der Waals surface area contributed by atoms with Gasteiger partial charge in [-0.2, -0.15) is 0 Å². The minimum atomic E-state index is 0.509. The lowest BCUT2D eigenvalue weighted by molar-refractivity contribution is -0.122. The highest BCUT2D eigenvalue weighted by Crippen LogP contribution is 2.56. The molecule has 0 amide bonds. The van der Waals surface area contributed by atoms with Gasteiger partial charge >= 0.3 is 0 Å². The smallest absolute Gasteiger partial charge is 0.0652 e. The summed E-state index contributed by atoms with van der Waals surface area (Å²) in [6, 6.07) is 0. The summed E-state index contributed by atoms with van der Waals surface area (Å²) in [4.78, 5) is 0.726. The second-order valence-electron chi connectivity index (χ2n) is 6.04. The van der Waals surface area contributed by atoms with E-state index in [1.807, 2.05) is 0 Å². The van der Waals surface area contributed by atoms with Gasteiger partial charge in [-0.25, -0.2) is 0 Å². The average molecular weight is 289 g/mol. The Kier molecular flexibility index (Phi) is 4.34. The molecule has 1 nitrogen and oxygen atoms in total. The Morgan fingerprint density at radius 3 is 2.50 bits per heavy atom.